The molecule has 1 unspecified atom stereocenters. The van der Waals surface area contributed by atoms with Crippen LogP contribution in [0.3, 0.4) is 0 Å². The molecule has 0 spiro atoms. The smallest absolute Gasteiger partial charge is 0.163 e. The highest BCUT2D eigenvalue weighted by Gasteiger charge is 2.22. The van der Waals surface area contributed by atoms with Gasteiger partial charge in [-0.2, -0.15) is 0 Å². The topological polar surface area (TPSA) is 43.4 Å². The summed E-state index contributed by atoms with van der Waals surface area (Å²) in [6.07, 6.45) is 7.21. The second-order valence-electron chi connectivity index (χ2n) is 7.38. The predicted octanol–water partition coefficient (Wildman–Crippen LogP) is 6.06. The highest BCUT2D eigenvalue weighted by atomic mass is 16.5. The largest absolute Gasteiger partial charge is 0.497 e. The van der Waals surface area contributed by atoms with Crippen molar-refractivity contribution in [3.8, 4) is 5.75 Å². The first kappa shape index (κ1) is 20.8. The van der Waals surface area contributed by atoms with Crippen molar-refractivity contribution in [1.29, 1.82) is 0 Å². The number of ketones is 2. The molecule has 0 saturated heterocycles. The Kier molecular flexibility index (Phi) is 7.18. The molecule has 0 amide bonds. The molecule has 3 nitrogen and oxygen atoms in total. The van der Waals surface area contributed by atoms with Crippen LogP contribution in [0.4, 0.5) is 0 Å². The number of Topliss-reactive ketones (excluding diaryl/α,β-unsaturated/α-hetero) is 2. The van der Waals surface area contributed by atoms with Crippen LogP contribution in [0.1, 0.15) is 54.9 Å². The van der Waals surface area contributed by atoms with Gasteiger partial charge >= 0.3 is 0 Å². The van der Waals surface area contributed by atoms with Crippen molar-refractivity contribution in [1.82, 2.24) is 0 Å². The number of hydrogen-bond acceptors (Lipinski definition) is 3. The average molecular weight is 389 g/mol. The molecule has 0 fully saturated rings. The van der Waals surface area contributed by atoms with Gasteiger partial charge < -0.3 is 4.74 Å². The van der Waals surface area contributed by atoms with E-state index in [0.717, 1.165) is 18.6 Å². The molecule has 0 heterocycles. The summed E-state index contributed by atoms with van der Waals surface area (Å²) in [6.45, 7) is 2.19. The fourth-order valence-corrected chi connectivity index (χ4v) is 3.88. The number of carbonyl (C=O) groups excluding carboxylic acids is 2. The summed E-state index contributed by atoms with van der Waals surface area (Å²) in [6, 6.07) is 17.5. The lowest BCUT2D eigenvalue weighted by Gasteiger charge is -2.18. The number of benzene rings is 2. The summed E-state index contributed by atoms with van der Waals surface area (Å²) in [5.74, 6) is 1.25. The molecule has 29 heavy (non-hydrogen) atoms. The van der Waals surface area contributed by atoms with Crippen molar-refractivity contribution in [3.63, 3.8) is 0 Å². The first-order chi connectivity index (χ1) is 14.1. The molecule has 1 aliphatic rings. The predicted molar refractivity (Wildman–Crippen MR) is 117 cm³/mol. The molecule has 1 atom stereocenters. The summed E-state index contributed by atoms with van der Waals surface area (Å²) in [5, 5.41) is 0. The van der Waals surface area contributed by atoms with Crippen LogP contribution in [0.15, 0.2) is 72.3 Å². The molecule has 0 saturated carbocycles. The number of ether oxygens (including phenoxy) is 1. The van der Waals surface area contributed by atoms with Gasteiger partial charge in [0.25, 0.3) is 0 Å². The molecule has 0 N–H and O–H groups in total. The zero-order valence-electron chi connectivity index (χ0n) is 17.2. The van der Waals surface area contributed by atoms with Crippen molar-refractivity contribution < 1.29 is 14.3 Å². The lowest BCUT2D eigenvalue weighted by atomic mass is 9.86. The Balaban J connectivity index is 1.47. The summed E-state index contributed by atoms with van der Waals surface area (Å²) >= 11 is 0. The van der Waals surface area contributed by atoms with Gasteiger partial charge in [-0.3, -0.25) is 9.59 Å². The zero-order valence-corrected chi connectivity index (χ0v) is 17.2. The van der Waals surface area contributed by atoms with Crippen LogP contribution in [0.5, 0.6) is 5.75 Å². The molecule has 0 aromatic heterocycles. The minimum Gasteiger partial charge on any atom is -0.497 e. The molecule has 3 heteroatoms. The number of allylic oxidation sites excluding steroid dienone is 4. The Morgan fingerprint density at radius 1 is 0.897 bits per heavy atom. The molecule has 0 bridgehead atoms. The van der Waals surface area contributed by atoms with E-state index < -0.39 is 0 Å². The number of carbonyl (C=O) groups is 2. The molecule has 3 rings (SSSR count). The van der Waals surface area contributed by atoms with E-state index in [1.165, 1.54) is 16.7 Å². The monoisotopic (exact) mass is 388 g/mol. The Morgan fingerprint density at radius 2 is 1.62 bits per heavy atom. The first-order valence-electron chi connectivity index (χ1n) is 10.3. The van der Waals surface area contributed by atoms with E-state index in [0.29, 0.717) is 24.3 Å². The molecular formula is C26H28O3. The van der Waals surface area contributed by atoms with Gasteiger partial charge in [0.05, 0.1) is 7.11 Å². The van der Waals surface area contributed by atoms with Gasteiger partial charge in [-0.1, -0.05) is 55.0 Å². The van der Waals surface area contributed by atoms with E-state index in [1.54, 1.807) is 31.4 Å². The highest BCUT2D eigenvalue weighted by Crippen LogP contribution is 2.38. The normalized spacial score (nSPS) is 15.6. The molecule has 2 aromatic rings. The van der Waals surface area contributed by atoms with Crippen molar-refractivity contribution in [3.05, 3.63) is 83.4 Å². The lowest BCUT2D eigenvalue weighted by Crippen LogP contribution is -2.07. The summed E-state index contributed by atoms with van der Waals surface area (Å²) < 4.78 is 5.11. The Hall–Kier alpha value is -2.94. The van der Waals surface area contributed by atoms with Crippen LogP contribution in [0.25, 0.3) is 5.57 Å². The van der Waals surface area contributed by atoms with Crippen LogP contribution in [0, 0.1) is 5.92 Å². The van der Waals surface area contributed by atoms with Crippen molar-refractivity contribution in [2.24, 2.45) is 5.92 Å². The van der Waals surface area contributed by atoms with E-state index in [-0.39, 0.29) is 18.0 Å². The second-order valence-corrected chi connectivity index (χ2v) is 7.38. The minimum absolute atomic E-state index is 0.000509. The fourth-order valence-electron chi connectivity index (χ4n) is 3.88. The van der Waals surface area contributed by atoms with E-state index in [2.05, 4.69) is 43.3 Å². The van der Waals surface area contributed by atoms with Crippen LogP contribution >= 0.6 is 0 Å². The molecule has 1 aliphatic carbocycles. The van der Waals surface area contributed by atoms with Crippen LogP contribution in [0.2, 0.25) is 0 Å². The van der Waals surface area contributed by atoms with Crippen molar-refractivity contribution in [2.45, 2.75) is 39.0 Å². The van der Waals surface area contributed by atoms with Crippen molar-refractivity contribution >= 4 is 17.1 Å². The third-order valence-electron chi connectivity index (χ3n) is 5.55. The Labute approximate surface area is 173 Å². The second kappa shape index (κ2) is 10.0. The molecule has 0 radical (unpaired) electrons. The first-order valence-corrected chi connectivity index (χ1v) is 10.3. The van der Waals surface area contributed by atoms with Gasteiger partial charge in [0.2, 0.25) is 0 Å². The third-order valence-corrected chi connectivity index (χ3v) is 5.55. The fraction of sp³-hybridized carbons (Fsp3) is 0.308. The third kappa shape index (κ3) is 5.32. The van der Waals surface area contributed by atoms with Gasteiger partial charge in [0, 0.05) is 30.7 Å². The van der Waals surface area contributed by atoms with Crippen LogP contribution < -0.4 is 4.74 Å². The Morgan fingerprint density at radius 3 is 2.28 bits per heavy atom. The average Bonchev–Trinajstić information content (AvgIpc) is 3.19. The molecular weight excluding hydrogens is 360 g/mol. The highest BCUT2D eigenvalue weighted by molar-refractivity contribution is 5.98. The van der Waals surface area contributed by atoms with Crippen LogP contribution in [-0.2, 0) is 4.79 Å². The van der Waals surface area contributed by atoms with Gasteiger partial charge in [-0.05, 0) is 48.2 Å². The molecule has 150 valence electrons. The number of hydrogen-bond donors (Lipinski definition) is 0. The maximum absolute atomic E-state index is 12.4. The maximum atomic E-state index is 12.4. The quantitative estimate of drug-likeness (QED) is 0.465. The summed E-state index contributed by atoms with van der Waals surface area (Å²) in [7, 11) is 1.59. The van der Waals surface area contributed by atoms with Gasteiger partial charge in [-0.25, -0.2) is 0 Å². The van der Waals surface area contributed by atoms with Gasteiger partial charge in [0.1, 0.15) is 11.5 Å². The van der Waals surface area contributed by atoms with E-state index >= 15 is 0 Å². The summed E-state index contributed by atoms with van der Waals surface area (Å²) in [5.41, 5.74) is 4.54. The Bertz CT molecular complexity index is 905. The van der Waals surface area contributed by atoms with E-state index in [9.17, 15) is 9.59 Å². The van der Waals surface area contributed by atoms with Crippen LogP contribution in [-0.4, -0.2) is 18.7 Å². The summed E-state index contributed by atoms with van der Waals surface area (Å²) in [4.78, 5) is 24.7. The zero-order chi connectivity index (χ0) is 20.6. The number of rotatable bonds is 10. The van der Waals surface area contributed by atoms with E-state index in [1.807, 2.05) is 6.07 Å². The number of methoxy groups -OCH3 is 1. The van der Waals surface area contributed by atoms with Gasteiger partial charge in [0.15, 0.2) is 5.78 Å². The van der Waals surface area contributed by atoms with E-state index in [4.69, 9.17) is 4.74 Å². The minimum atomic E-state index is 0.000509. The molecule has 0 aliphatic heterocycles. The lowest BCUT2D eigenvalue weighted by molar-refractivity contribution is -0.119. The standard InChI is InChI=1S/C26H28O3/c1-3-24-20(12-17-25(24)19-7-5-4-6-8-19)9-13-22(27)14-18-26(28)21-10-15-23(29-2)16-11-21/h4-8,10-12,15-17,24H,3,9,13-14,18H2,1-2H3. The SMILES string of the molecule is CCC1C(CCC(=O)CCC(=O)c2ccc(OC)cc2)=CC=C1c1ccccc1. The van der Waals surface area contributed by atoms with Crippen molar-refractivity contribution in [2.75, 3.05) is 7.11 Å². The maximum Gasteiger partial charge on any atom is 0.163 e. The van der Waals surface area contributed by atoms with Gasteiger partial charge in [-0.15, -0.1) is 0 Å². The molecule has 2 aromatic carbocycles.